The zero-order chi connectivity index (χ0) is 18.2. The monoisotopic (exact) mass is 359 g/mol. The van der Waals surface area contributed by atoms with Crippen molar-refractivity contribution in [3.63, 3.8) is 0 Å². The van der Waals surface area contributed by atoms with Crippen LogP contribution in [0.2, 0.25) is 5.02 Å². The molecule has 2 aromatic rings. The molecule has 132 valence electrons. The lowest BCUT2D eigenvalue weighted by atomic mass is 10.2. The molecular weight excluding hydrogens is 338 g/mol. The second-order valence-electron chi connectivity index (χ2n) is 5.93. The third-order valence-corrected chi connectivity index (χ3v) is 3.82. The molecule has 0 aromatic heterocycles. The van der Waals surface area contributed by atoms with Crippen molar-refractivity contribution in [1.29, 1.82) is 0 Å². The first-order valence-corrected chi connectivity index (χ1v) is 8.48. The highest BCUT2D eigenvalue weighted by atomic mass is 35.5. The van der Waals surface area contributed by atoms with E-state index >= 15 is 0 Å². The molecule has 0 radical (unpaired) electrons. The van der Waals surface area contributed by atoms with Gasteiger partial charge in [-0.2, -0.15) is 0 Å². The van der Waals surface area contributed by atoms with E-state index in [2.05, 4.69) is 16.0 Å². The fourth-order valence-corrected chi connectivity index (χ4v) is 2.37. The molecule has 0 aliphatic heterocycles. The Morgan fingerprint density at radius 3 is 2.36 bits per heavy atom. The van der Waals surface area contributed by atoms with Crippen LogP contribution >= 0.6 is 11.6 Å². The van der Waals surface area contributed by atoms with Crippen LogP contribution in [0.3, 0.4) is 0 Å². The smallest absolute Gasteiger partial charge is 0.251 e. The van der Waals surface area contributed by atoms with Gasteiger partial charge < -0.3 is 16.0 Å². The van der Waals surface area contributed by atoms with Gasteiger partial charge in [0.25, 0.3) is 5.91 Å². The molecule has 0 atom stereocenters. The lowest BCUT2D eigenvalue weighted by Gasteiger charge is -2.10. The zero-order valence-corrected chi connectivity index (χ0v) is 15.1. The minimum absolute atomic E-state index is 0.0899. The molecule has 0 unspecified atom stereocenters. The van der Waals surface area contributed by atoms with Crippen LogP contribution in [0.15, 0.2) is 48.5 Å². The summed E-state index contributed by atoms with van der Waals surface area (Å²) in [6.45, 7) is 4.35. The Kier molecular flexibility index (Phi) is 6.83. The van der Waals surface area contributed by atoms with Gasteiger partial charge in [-0.15, -0.1) is 0 Å². The highest BCUT2D eigenvalue weighted by molar-refractivity contribution is 6.31. The number of carbonyl (C=O) groups is 2. The fraction of sp³-hybridized carbons (Fsp3) is 0.263. The average molecular weight is 360 g/mol. The maximum absolute atomic E-state index is 11.9. The molecule has 0 aliphatic carbocycles. The van der Waals surface area contributed by atoms with Crippen molar-refractivity contribution < 1.29 is 9.59 Å². The van der Waals surface area contributed by atoms with Crippen LogP contribution in [0.25, 0.3) is 0 Å². The van der Waals surface area contributed by atoms with Gasteiger partial charge >= 0.3 is 0 Å². The number of carbonyl (C=O) groups excluding carboxylic acids is 2. The Balaban J connectivity index is 1.79. The van der Waals surface area contributed by atoms with Crippen LogP contribution in [0.4, 0.5) is 5.69 Å². The van der Waals surface area contributed by atoms with Crippen molar-refractivity contribution in [1.82, 2.24) is 10.6 Å². The minimum atomic E-state index is -0.137. The number of benzene rings is 2. The maximum atomic E-state index is 11.9. The number of rotatable bonds is 7. The number of nitrogens with one attached hydrogen (secondary N) is 3. The SMILES string of the molecule is CC(C)NC(=O)c1ccc(NCC(=O)NCc2ccccc2Cl)cc1. The van der Waals surface area contributed by atoms with Crippen LogP contribution < -0.4 is 16.0 Å². The van der Waals surface area contributed by atoms with Gasteiger partial charge in [0.1, 0.15) is 0 Å². The molecule has 3 N–H and O–H groups in total. The molecule has 0 saturated carbocycles. The second-order valence-corrected chi connectivity index (χ2v) is 6.33. The van der Waals surface area contributed by atoms with E-state index in [4.69, 9.17) is 11.6 Å². The minimum Gasteiger partial charge on any atom is -0.376 e. The van der Waals surface area contributed by atoms with E-state index in [9.17, 15) is 9.59 Å². The Hall–Kier alpha value is -2.53. The van der Waals surface area contributed by atoms with Crippen LogP contribution in [0, 0.1) is 0 Å². The third-order valence-electron chi connectivity index (χ3n) is 3.45. The van der Waals surface area contributed by atoms with Gasteiger partial charge in [0.15, 0.2) is 0 Å². The second kappa shape index (κ2) is 9.08. The highest BCUT2D eigenvalue weighted by Crippen LogP contribution is 2.14. The molecule has 0 saturated heterocycles. The van der Waals surface area contributed by atoms with Crippen molar-refractivity contribution >= 4 is 29.1 Å². The first-order chi connectivity index (χ1) is 12.0. The number of hydrogen-bond donors (Lipinski definition) is 3. The summed E-state index contributed by atoms with van der Waals surface area (Å²) in [4.78, 5) is 23.8. The summed E-state index contributed by atoms with van der Waals surface area (Å²) in [5, 5.41) is 9.30. The predicted octanol–water partition coefficient (Wildman–Crippen LogP) is 3.21. The Bertz CT molecular complexity index is 730. The maximum Gasteiger partial charge on any atom is 0.251 e. The Labute approximate surface area is 152 Å². The lowest BCUT2D eigenvalue weighted by molar-refractivity contribution is -0.119. The molecule has 0 aliphatic rings. The first-order valence-electron chi connectivity index (χ1n) is 8.10. The van der Waals surface area contributed by atoms with Crippen LogP contribution in [0.1, 0.15) is 29.8 Å². The van der Waals surface area contributed by atoms with Crippen molar-refractivity contribution in [2.75, 3.05) is 11.9 Å². The van der Waals surface area contributed by atoms with Crippen LogP contribution in [-0.4, -0.2) is 24.4 Å². The molecule has 2 amide bonds. The van der Waals surface area contributed by atoms with Gasteiger partial charge in [-0.1, -0.05) is 29.8 Å². The normalized spacial score (nSPS) is 10.4. The Morgan fingerprint density at radius 1 is 1.04 bits per heavy atom. The molecular formula is C19H22ClN3O2. The summed E-state index contributed by atoms with van der Waals surface area (Å²) >= 11 is 6.05. The lowest BCUT2D eigenvalue weighted by Crippen LogP contribution is -2.30. The zero-order valence-electron chi connectivity index (χ0n) is 14.3. The fourth-order valence-electron chi connectivity index (χ4n) is 2.17. The molecule has 0 heterocycles. The third kappa shape index (κ3) is 6.12. The van der Waals surface area contributed by atoms with E-state index in [1.165, 1.54) is 0 Å². The summed E-state index contributed by atoms with van der Waals surface area (Å²) in [6, 6.07) is 14.5. The number of hydrogen-bond acceptors (Lipinski definition) is 3. The van der Waals surface area contributed by atoms with E-state index in [1.54, 1.807) is 30.3 Å². The molecule has 25 heavy (non-hydrogen) atoms. The average Bonchev–Trinajstić information content (AvgIpc) is 2.59. The van der Waals surface area contributed by atoms with Gasteiger partial charge in [-0.25, -0.2) is 0 Å². The van der Waals surface area contributed by atoms with E-state index in [-0.39, 0.29) is 24.4 Å². The highest BCUT2D eigenvalue weighted by Gasteiger charge is 2.07. The van der Waals surface area contributed by atoms with Crippen molar-refractivity contribution in [3.8, 4) is 0 Å². The van der Waals surface area contributed by atoms with E-state index in [0.717, 1.165) is 11.3 Å². The molecule has 5 nitrogen and oxygen atoms in total. The van der Waals surface area contributed by atoms with Crippen LogP contribution in [0.5, 0.6) is 0 Å². The van der Waals surface area contributed by atoms with Crippen molar-refractivity contribution in [3.05, 3.63) is 64.7 Å². The predicted molar refractivity (Wildman–Crippen MR) is 101 cm³/mol. The van der Waals surface area contributed by atoms with Gasteiger partial charge in [-0.3, -0.25) is 9.59 Å². The number of amides is 2. The standard InChI is InChI=1S/C19H22ClN3O2/c1-13(2)23-19(25)14-7-9-16(10-8-14)21-12-18(24)22-11-15-5-3-4-6-17(15)20/h3-10,13,21H,11-12H2,1-2H3,(H,22,24)(H,23,25). The first kappa shape index (κ1) is 18.8. The largest absolute Gasteiger partial charge is 0.376 e. The van der Waals surface area contributed by atoms with E-state index in [1.807, 2.05) is 32.0 Å². The van der Waals surface area contributed by atoms with Crippen LogP contribution in [-0.2, 0) is 11.3 Å². The Morgan fingerprint density at radius 2 is 1.72 bits per heavy atom. The summed E-state index contributed by atoms with van der Waals surface area (Å²) in [7, 11) is 0. The molecule has 2 aromatic carbocycles. The number of halogens is 1. The van der Waals surface area contributed by atoms with E-state index in [0.29, 0.717) is 17.1 Å². The topological polar surface area (TPSA) is 70.2 Å². The molecule has 0 spiro atoms. The summed E-state index contributed by atoms with van der Waals surface area (Å²) < 4.78 is 0. The van der Waals surface area contributed by atoms with Gasteiger partial charge in [0, 0.05) is 28.9 Å². The summed E-state index contributed by atoms with van der Waals surface area (Å²) in [5.41, 5.74) is 2.23. The quantitative estimate of drug-likeness (QED) is 0.711. The summed E-state index contributed by atoms with van der Waals surface area (Å²) in [6.07, 6.45) is 0. The molecule has 0 fully saturated rings. The molecule has 0 bridgehead atoms. The van der Waals surface area contributed by atoms with Gasteiger partial charge in [-0.05, 0) is 49.7 Å². The summed E-state index contributed by atoms with van der Waals surface area (Å²) in [5.74, 6) is -0.249. The van der Waals surface area contributed by atoms with Gasteiger partial charge in [0.05, 0.1) is 6.54 Å². The van der Waals surface area contributed by atoms with Gasteiger partial charge in [0.2, 0.25) is 5.91 Å². The van der Waals surface area contributed by atoms with Crippen molar-refractivity contribution in [2.45, 2.75) is 26.4 Å². The van der Waals surface area contributed by atoms with Crippen molar-refractivity contribution in [2.24, 2.45) is 0 Å². The number of anilines is 1. The molecule has 2 rings (SSSR count). The molecule has 6 heteroatoms. The van der Waals surface area contributed by atoms with E-state index < -0.39 is 0 Å².